The fraction of sp³-hybridized carbons (Fsp3) is 0.292. The van der Waals surface area contributed by atoms with E-state index in [1.165, 1.54) is 12.1 Å². The predicted octanol–water partition coefficient (Wildman–Crippen LogP) is 3.71. The molecular formula is C24H28FNO4Sr. The number of aromatic nitrogens is 1. The topological polar surface area (TPSA) is 82.7 Å². The number of fused-ring (bicyclic) bond motifs is 1. The van der Waals surface area contributed by atoms with Crippen LogP contribution in [0.5, 0.6) is 0 Å². The number of para-hydroxylation sites is 1. The standard InChI is InChI=1S/C24H26FNO4.Sr.2H/c1-15(2)26-21-6-4-3-5-20(21)24(16-7-9-17(25)10-8-16)22(26)12-11-18(27)13-19(28)14-23(29)30;;;/h3-12,15,18-19,27-28H,13-14H2,1-2H3,(H,29,30);;;/t18-,19-;;;/m0.../s1. The molecule has 0 unspecified atom stereocenters. The van der Waals surface area contributed by atoms with Crippen LogP contribution in [0.3, 0.4) is 0 Å². The molecule has 3 rings (SSSR count). The Kier molecular flexibility index (Phi) is 9.48. The Hall–Kier alpha value is -1.48. The minimum absolute atomic E-state index is 0. The summed E-state index contributed by atoms with van der Waals surface area (Å²) in [7, 11) is 0. The van der Waals surface area contributed by atoms with Gasteiger partial charge in [0.05, 0.1) is 18.6 Å². The summed E-state index contributed by atoms with van der Waals surface area (Å²) in [5.74, 6) is -1.43. The Balaban J connectivity index is 0.00000341. The van der Waals surface area contributed by atoms with Gasteiger partial charge in [-0.25, -0.2) is 4.39 Å². The molecule has 162 valence electrons. The van der Waals surface area contributed by atoms with Crippen molar-refractivity contribution in [1.82, 2.24) is 4.57 Å². The van der Waals surface area contributed by atoms with E-state index in [9.17, 15) is 19.4 Å². The quantitative estimate of drug-likeness (QED) is 0.412. The van der Waals surface area contributed by atoms with Crippen molar-refractivity contribution >= 4 is 68.4 Å². The minimum atomic E-state index is -1.13. The van der Waals surface area contributed by atoms with Crippen LogP contribution in [0.25, 0.3) is 28.1 Å². The van der Waals surface area contributed by atoms with Crippen LogP contribution in [0.15, 0.2) is 54.6 Å². The first-order valence-electron chi connectivity index (χ1n) is 9.93. The van der Waals surface area contributed by atoms with E-state index in [0.29, 0.717) is 0 Å². The number of rotatable bonds is 8. The molecule has 3 aromatic rings. The summed E-state index contributed by atoms with van der Waals surface area (Å²) >= 11 is 0. The van der Waals surface area contributed by atoms with E-state index < -0.39 is 24.6 Å². The van der Waals surface area contributed by atoms with Crippen molar-refractivity contribution in [3.05, 3.63) is 66.1 Å². The number of aliphatic hydroxyl groups is 2. The third-order valence-corrected chi connectivity index (χ3v) is 5.00. The van der Waals surface area contributed by atoms with E-state index in [2.05, 4.69) is 18.4 Å². The first-order valence-corrected chi connectivity index (χ1v) is 9.93. The molecule has 0 spiro atoms. The van der Waals surface area contributed by atoms with Gasteiger partial charge in [-0.15, -0.1) is 0 Å². The Labute approximate surface area is 218 Å². The van der Waals surface area contributed by atoms with Gasteiger partial charge in [-0.3, -0.25) is 4.79 Å². The second kappa shape index (κ2) is 11.4. The molecular weight excluding hydrogens is 473 g/mol. The Morgan fingerprint density at radius 2 is 1.74 bits per heavy atom. The van der Waals surface area contributed by atoms with Gasteiger partial charge >= 0.3 is 51.5 Å². The Bertz CT molecular complexity index is 1060. The summed E-state index contributed by atoms with van der Waals surface area (Å²) < 4.78 is 15.6. The molecule has 0 radical (unpaired) electrons. The van der Waals surface area contributed by atoms with Gasteiger partial charge < -0.3 is 19.9 Å². The van der Waals surface area contributed by atoms with Gasteiger partial charge in [0.2, 0.25) is 0 Å². The van der Waals surface area contributed by atoms with Crippen LogP contribution < -0.4 is 0 Å². The third-order valence-electron chi connectivity index (χ3n) is 5.00. The molecule has 7 heteroatoms. The molecule has 0 aliphatic rings. The number of carbonyl (C=O) groups is 1. The average molecular weight is 501 g/mol. The SMILES string of the molecule is CC(C)n1c(C=C[C@H](O)C[C@H](O)CC(=O)O)c(-c2ccc(F)cc2)c2ccccc21.[SrH2]. The molecule has 0 saturated carbocycles. The average Bonchev–Trinajstić information content (AvgIpc) is 3.00. The number of hydrogen-bond donors (Lipinski definition) is 3. The van der Waals surface area contributed by atoms with Crippen LogP contribution in [0.1, 0.15) is 38.4 Å². The zero-order chi connectivity index (χ0) is 21.8. The van der Waals surface area contributed by atoms with Gasteiger partial charge in [0, 0.05) is 34.6 Å². The molecule has 0 bridgehead atoms. The number of benzene rings is 2. The Morgan fingerprint density at radius 3 is 2.35 bits per heavy atom. The third kappa shape index (κ3) is 6.28. The van der Waals surface area contributed by atoms with Gasteiger partial charge in [-0.05, 0) is 43.7 Å². The summed E-state index contributed by atoms with van der Waals surface area (Å²) in [6.45, 7) is 4.12. The maximum atomic E-state index is 13.5. The number of aliphatic hydroxyl groups excluding tert-OH is 2. The van der Waals surface area contributed by atoms with Crippen molar-refractivity contribution in [3.8, 4) is 11.1 Å². The van der Waals surface area contributed by atoms with Crippen LogP contribution in [0.2, 0.25) is 0 Å². The van der Waals surface area contributed by atoms with Crippen LogP contribution in [0.4, 0.5) is 4.39 Å². The van der Waals surface area contributed by atoms with Crippen LogP contribution in [0, 0.1) is 5.82 Å². The molecule has 2 atom stereocenters. The van der Waals surface area contributed by atoms with Gasteiger partial charge in [-0.1, -0.05) is 36.4 Å². The van der Waals surface area contributed by atoms with Gasteiger partial charge in [0.25, 0.3) is 0 Å². The molecule has 5 nitrogen and oxygen atoms in total. The fourth-order valence-electron chi connectivity index (χ4n) is 3.77. The van der Waals surface area contributed by atoms with Crippen molar-refractivity contribution in [2.24, 2.45) is 0 Å². The molecule has 3 N–H and O–H groups in total. The summed E-state index contributed by atoms with van der Waals surface area (Å²) in [5.41, 5.74) is 3.65. The molecule has 0 amide bonds. The van der Waals surface area contributed by atoms with Gasteiger partial charge in [0.1, 0.15) is 5.82 Å². The Morgan fingerprint density at radius 1 is 1.10 bits per heavy atom. The first-order chi connectivity index (χ1) is 14.3. The van der Waals surface area contributed by atoms with E-state index in [1.807, 2.05) is 24.3 Å². The molecule has 0 aliphatic heterocycles. The molecule has 0 fully saturated rings. The summed E-state index contributed by atoms with van der Waals surface area (Å²) in [4.78, 5) is 10.7. The predicted molar refractivity (Wildman–Crippen MR) is 124 cm³/mol. The number of halogens is 1. The van der Waals surface area contributed by atoms with Gasteiger partial charge in [0.15, 0.2) is 0 Å². The van der Waals surface area contributed by atoms with Crippen LogP contribution in [-0.2, 0) is 4.79 Å². The second-order valence-electron chi connectivity index (χ2n) is 7.66. The fourth-order valence-corrected chi connectivity index (χ4v) is 3.77. The van der Waals surface area contributed by atoms with E-state index in [4.69, 9.17) is 5.11 Å². The number of carboxylic acids is 1. The van der Waals surface area contributed by atoms with E-state index in [-0.39, 0.29) is 63.8 Å². The number of aliphatic carboxylic acids is 1. The second-order valence-corrected chi connectivity index (χ2v) is 7.66. The van der Waals surface area contributed by atoms with Crippen molar-refractivity contribution in [2.45, 2.75) is 44.9 Å². The van der Waals surface area contributed by atoms with Crippen LogP contribution in [-0.4, -0.2) is 83.5 Å². The number of nitrogens with zero attached hydrogens (tertiary/aromatic N) is 1. The summed E-state index contributed by atoms with van der Waals surface area (Å²) in [6.07, 6.45) is 0.727. The van der Waals surface area contributed by atoms with Crippen molar-refractivity contribution < 1.29 is 24.5 Å². The normalized spacial score (nSPS) is 13.5. The van der Waals surface area contributed by atoms with E-state index in [0.717, 1.165) is 27.7 Å². The van der Waals surface area contributed by atoms with Gasteiger partial charge in [-0.2, -0.15) is 0 Å². The zero-order valence-electron chi connectivity index (χ0n) is 17.0. The molecule has 31 heavy (non-hydrogen) atoms. The van der Waals surface area contributed by atoms with Crippen LogP contribution >= 0.6 is 0 Å². The van der Waals surface area contributed by atoms with Crippen molar-refractivity contribution in [1.29, 1.82) is 0 Å². The van der Waals surface area contributed by atoms with E-state index >= 15 is 0 Å². The summed E-state index contributed by atoms with van der Waals surface area (Å²) in [6, 6.07) is 14.4. The molecule has 0 saturated heterocycles. The van der Waals surface area contributed by atoms with Crippen molar-refractivity contribution in [3.63, 3.8) is 0 Å². The monoisotopic (exact) mass is 501 g/mol. The molecule has 2 aromatic carbocycles. The molecule has 1 heterocycles. The van der Waals surface area contributed by atoms with Crippen molar-refractivity contribution in [2.75, 3.05) is 0 Å². The zero-order valence-corrected chi connectivity index (χ0v) is 17.0. The number of carboxylic acid groups (broad SMARTS) is 1. The first kappa shape index (κ1) is 25.8. The summed E-state index contributed by atoms with van der Waals surface area (Å²) in [5, 5.41) is 29.9. The maximum absolute atomic E-state index is 13.5. The van der Waals surface area contributed by atoms with E-state index in [1.54, 1.807) is 24.3 Å². The number of hydrogen-bond acceptors (Lipinski definition) is 3. The molecule has 1 aromatic heterocycles. The molecule has 0 aliphatic carbocycles.